The molecule has 1 saturated carbocycles. The van der Waals surface area contributed by atoms with Gasteiger partial charge in [-0.25, -0.2) is 0 Å². The van der Waals surface area contributed by atoms with E-state index in [9.17, 15) is 5.11 Å². The van der Waals surface area contributed by atoms with E-state index in [-0.39, 0.29) is 6.10 Å². The average molecular weight is 367 g/mol. The molecular formula is C19H34N4OS. The molecule has 5 nitrogen and oxygen atoms in total. The zero-order valence-corrected chi connectivity index (χ0v) is 16.7. The molecule has 1 aliphatic rings. The Morgan fingerprint density at radius 2 is 2.00 bits per heavy atom. The van der Waals surface area contributed by atoms with Crippen LogP contribution in [0.15, 0.2) is 21.8 Å². The molecule has 0 amide bonds. The number of aliphatic imine (C=N–C) groups is 1. The van der Waals surface area contributed by atoms with Crippen molar-refractivity contribution in [1.29, 1.82) is 0 Å². The van der Waals surface area contributed by atoms with Crippen LogP contribution >= 0.6 is 11.3 Å². The Labute approximate surface area is 156 Å². The second kappa shape index (κ2) is 10.8. The maximum absolute atomic E-state index is 9.68. The van der Waals surface area contributed by atoms with E-state index in [1.54, 1.807) is 11.3 Å². The van der Waals surface area contributed by atoms with Crippen LogP contribution in [0.4, 0.5) is 0 Å². The molecule has 0 radical (unpaired) electrons. The lowest BCUT2D eigenvalue weighted by Crippen LogP contribution is -2.45. The molecule has 1 atom stereocenters. The third-order valence-corrected chi connectivity index (χ3v) is 5.69. The predicted molar refractivity (Wildman–Crippen MR) is 107 cm³/mol. The zero-order chi connectivity index (χ0) is 18.1. The summed E-state index contributed by atoms with van der Waals surface area (Å²) in [7, 11) is 0. The van der Waals surface area contributed by atoms with Crippen LogP contribution in [0.2, 0.25) is 0 Å². The highest BCUT2D eigenvalue weighted by Gasteiger charge is 2.21. The zero-order valence-electron chi connectivity index (χ0n) is 15.9. The van der Waals surface area contributed by atoms with Crippen LogP contribution < -0.4 is 10.6 Å². The van der Waals surface area contributed by atoms with E-state index in [1.807, 2.05) is 0 Å². The molecule has 2 rings (SSSR count). The van der Waals surface area contributed by atoms with Crippen molar-refractivity contribution in [1.82, 2.24) is 15.5 Å². The summed E-state index contributed by atoms with van der Waals surface area (Å²) in [6.07, 6.45) is 3.66. The van der Waals surface area contributed by atoms with Gasteiger partial charge in [0.25, 0.3) is 0 Å². The van der Waals surface area contributed by atoms with E-state index in [0.717, 1.165) is 57.8 Å². The molecule has 3 N–H and O–H groups in total. The highest BCUT2D eigenvalue weighted by molar-refractivity contribution is 7.07. The molecule has 1 fully saturated rings. The number of hydrogen-bond acceptors (Lipinski definition) is 4. The quantitative estimate of drug-likeness (QED) is 0.489. The van der Waals surface area contributed by atoms with E-state index in [4.69, 9.17) is 4.99 Å². The van der Waals surface area contributed by atoms with E-state index < -0.39 is 0 Å². The number of hydrogen-bond donors (Lipinski definition) is 3. The van der Waals surface area contributed by atoms with Crippen LogP contribution in [0.5, 0.6) is 0 Å². The normalized spacial score (nSPS) is 22.8. The van der Waals surface area contributed by atoms with Crippen molar-refractivity contribution in [2.75, 3.05) is 26.2 Å². The van der Waals surface area contributed by atoms with Crippen LogP contribution in [0.3, 0.4) is 0 Å². The van der Waals surface area contributed by atoms with Gasteiger partial charge in [-0.1, -0.05) is 13.8 Å². The molecular weight excluding hydrogens is 332 g/mol. The van der Waals surface area contributed by atoms with Gasteiger partial charge in [0.1, 0.15) is 0 Å². The minimum absolute atomic E-state index is 0.122. The molecule has 1 aromatic rings. The summed E-state index contributed by atoms with van der Waals surface area (Å²) in [5, 5.41) is 21.0. The molecule has 142 valence electrons. The van der Waals surface area contributed by atoms with Crippen molar-refractivity contribution in [3.63, 3.8) is 0 Å². The number of nitrogens with zero attached hydrogens (tertiary/aromatic N) is 2. The van der Waals surface area contributed by atoms with Crippen LogP contribution in [-0.4, -0.2) is 54.3 Å². The van der Waals surface area contributed by atoms with Crippen LogP contribution in [0, 0.1) is 0 Å². The van der Waals surface area contributed by atoms with Gasteiger partial charge >= 0.3 is 0 Å². The summed E-state index contributed by atoms with van der Waals surface area (Å²) in [6, 6.07) is 2.95. The van der Waals surface area contributed by atoms with Gasteiger partial charge in [-0.05, 0) is 68.1 Å². The van der Waals surface area contributed by atoms with Crippen molar-refractivity contribution >= 4 is 17.3 Å². The summed E-state index contributed by atoms with van der Waals surface area (Å²) >= 11 is 1.75. The van der Waals surface area contributed by atoms with Gasteiger partial charge in [0.05, 0.1) is 18.7 Å². The van der Waals surface area contributed by atoms with Crippen molar-refractivity contribution < 1.29 is 5.11 Å². The van der Waals surface area contributed by atoms with Gasteiger partial charge in [-0.3, -0.25) is 9.89 Å². The molecule has 25 heavy (non-hydrogen) atoms. The first-order valence-corrected chi connectivity index (χ1v) is 10.6. The number of thiophene rings is 1. The van der Waals surface area contributed by atoms with Gasteiger partial charge in [0.15, 0.2) is 5.96 Å². The third kappa shape index (κ3) is 6.28. The summed E-state index contributed by atoms with van der Waals surface area (Å²) in [4.78, 5) is 7.36. The molecule has 0 spiro atoms. The molecule has 0 saturated heterocycles. The van der Waals surface area contributed by atoms with Gasteiger partial charge < -0.3 is 15.7 Å². The Hall–Kier alpha value is -1.11. The second-order valence-corrected chi connectivity index (χ2v) is 7.44. The van der Waals surface area contributed by atoms with E-state index in [2.05, 4.69) is 53.1 Å². The van der Waals surface area contributed by atoms with Gasteiger partial charge in [-0.15, -0.1) is 0 Å². The second-order valence-electron chi connectivity index (χ2n) is 6.66. The summed E-state index contributed by atoms with van der Waals surface area (Å²) in [5.74, 6) is 0.899. The van der Waals surface area contributed by atoms with Crippen LogP contribution in [0.1, 0.15) is 58.1 Å². The van der Waals surface area contributed by atoms with Gasteiger partial charge in [-0.2, -0.15) is 11.3 Å². The average Bonchev–Trinajstić information content (AvgIpc) is 3.15. The molecule has 1 heterocycles. The number of aliphatic hydroxyl groups excluding tert-OH is 1. The summed E-state index contributed by atoms with van der Waals surface area (Å²) < 4.78 is 0. The SMILES string of the molecule is CCNC(=NCC(c1ccsc1)N(CC)CC)NC1CCC(O)CC1. The lowest BCUT2D eigenvalue weighted by molar-refractivity contribution is 0.120. The lowest BCUT2D eigenvalue weighted by Gasteiger charge is -2.30. The fraction of sp³-hybridized carbons (Fsp3) is 0.737. The topological polar surface area (TPSA) is 59.9 Å². The summed E-state index contributed by atoms with van der Waals surface area (Å²) in [6.45, 7) is 10.2. The first-order valence-electron chi connectivity index (χ1n) is 9.66. The maximum Gasteiger partial charge on any atom is 0.191 e. The van der Waals surface area contributed by atoms with Crippen molar-refractivity contribution in [2.45, 2.75) is 64.6 Å². The highest BCUT2D eigenvalue weighted by atomic mass is 32.1. The van der Waals surface area contributed by atoms with Crippen molar-refractivity contribution in [2.24, 2.45) is 4.99 Å². The molecule has 0 aromatic carbocycles. The largest absolute Gasteiger partial charge is 0.393 e. The third-order valence-electron chi connectivity index (χ3n) is 4.99. The van der Waals surface area contributed by atoms with Crippen molar-refractivity contribution in [3.05, 3.63) is 22.4 Å². The molecule has 1 aliphatic carbocycles. The van der Waals surface area contributed by atoms with Crippen molar-refractivity contribution in [3.8, 4) is 0 Å². The fourth-order valence-electron chi connectivity index (χ4n) is 3.47. The number of guanidine groups is 1. The number of nitrogens with one attached hydrogen (secondary N) is 2. The Kier molecular flexibility index (Phi) is 8.72. The molecule has 0 bridgehead atoms. The van der Waals surface area contributed by atoms with Crippen LogP contribution in [0.25, 0.3) is 0 Å². The molecule has 1 unspecified atom stereocenters. The smallest absolute Gasteiger partial charge is 0.191 e. The molecule has 0 aliphatic heterocycles. The van der Waals surface area contributed by atoms with E-state index in [0.29, 0.717) is 12.1 Å². The highest BCUT2D eigenvalue weighted by Crippen LogP contribution is 2.23. The standard InChI is InChI=1S/C19H34N4OS/c1-4-20-19(22-16-7-9-17(24)10-8-16)21-13-18(23(5-2)6-3)15-11-12-25-14-15/h11-12,14,16-18,24H,4-10,13H2,1-3H3,(H2,20,21,22). The lowest BCUT2D eigenvalue weighted by atomic mass is 9.93. The van der Waals surface area contributed by atoms with E-state index >= 15 is 0 Å². The maximum atomic E-state index is 9.68. The first-order chi connectivity index (χ1) is 12.2. The fourth-order valence-corrected chi connectivity index (χ4v) is 4.18. The van der Waals surface area contributed by atoms with Gasteiger partial charge in [0, 0.05) is 12.6 Å². The minimum atomic E-state index is -0.122. The monoisotopic (exact) mass is 366 g/mol. The minimum Gasteiger partial charge on any atom is -0.393 e. The first kappa shape index (κ1) is 20.2. The summed E-state index contributed by atoms with van der Waals surface area (Å²) in [5.41, 5.74) is 1.36. The Bertz CT molecular complexity index is 494. The molecule has 1 aromatic heterocycles. The number of aliphatic hydroxyl groups is 1. The Balaban J connectivity index is 2.03. The van der Waals surface area contributed by atoms with Crippen LogP contribution in [-0.2, 0) is 0 Å². The number of likely N-dealkylation sites (N-methyl/N-ethyl adjacent to an activating group) is 1. The predicted octanol–water partition coefficient (Wildman–Crippen LogP) is 2.99. The molecule has 6 heteroatoms. The Morgan fingerprint density at radius 1 is 1.28 bits per heavy atom. The van der Waals surface area contributed by atoms with Gasteiger partial charge in [0.2, 0.25) is 0 Å². The number of rotatable bonds is 8. The Morgan fingerprint density at radius 3 is 2.56 bits per heavy atom. The van der Waals surface area contributed by atoms with E-state index in [1.165, 1.54) is 5.56 Å².